The number of nitrogens with two attached hydrogens (primary N) is 1. The smallest absolute Gasteiger partial charge is 0.252 e. The monoisotopic (exact) mass is 264 g/mol. The molecule has 0 saturated heterocycles. The topological polar surface area (TPSA) is 68.3 Å². The van der Waals surface area contributed by atoms with E-state index in [4.69, 9.17) is 21.8 Å². The predicted molar refractivity (Wildman–Crippen MR) is 70.6 cm³/mol. The number of amides is 1. The number of benzene rings is 1. The third kappa shape index (κ3) is 3.05. The van der Waals surface area contributed by atoms with Gasteiger partial charge in [-0.1, -0.05) is 11.6 Å². The Hall–Kier alpha value is -1.94. The van der Waals surface area contributed by atoms with Crippen LogP contribution in [0.15, 0.2) is 41.0 Å². The number of hydrogen-bond donors (Lipinski definition) is 2. The second-order valence-electron chi connectivity index (χ2n) is 3.82. The Balaban J connectivity index is 1.93. The summed E-state index contributed by atoms with van der Waals surface area (Å²) in [6.45, 7) is 0.484. The fraction of sp³-hybridized carbons (Fsp3) is 0.154. The molecular weight excluding hydrogens is 252 g/mol. The molecule has 0 unspecified atom stereocenters. The fourth-order valence-corrected chi connectivity index (χ4v) is 1.77. The molecule has 1 aromatic heterocycles. The van der Waals surface area contributed by atoms with Crippen molar-refractivity contribution in [2.45, 2.75) is 6.42 Å². The van der Waals surface area contributed by atoms with Crippen LogP contribution in [0.4, 0.5) is 5.69 Å². The quantitative estimate of drug-likeness (QED) is 0.834. The van der Waals surface area contributed by atoms with Crippen molar-refractivity contribution in [2.75, 3.05) is 12.3 Å². The summed E-state index contributed by atoms with van der Waals surface area (Å²) in [5, 5.41) is 3.15. The van der Waals surface area contributed by atoms with E-state index in [9.17, 15) is 4.79 Å². The van der Waals surface area contributed by atoms with Crippen molar-refractivity contribution >= 4 is 23.2 Å². The van der Waals surface area contributed by atoms with E-state index >= 15 is 0 Å². The number of hydrogen-bond acceptors (Lipinski definition) is 3. The van der Waals surface area contributed by atoms with E-state index in [-0.39, 0.29) is 5.91 Å². The van der Waals surface area contributed by atoms with Crippen LogP contribution < -0.4 is 11.1 Å². The van der Waals surface area contributed by atoms with Crippen LogP contribution in [-0.2, 0) is 6.42 Å². The Labute approximate surface area is 110 Å². The highest BCUT2D eigenvalue weighted by Gasteiger charge is 2.10. The first-order valence-electron chi connectivity index (χ1n) is 5.52. The zero-order chi connectivity index (χ0) is 13.0. The van der Waals surface area contributed by atoms with Crippen LogP contribution in [0.2, 0.25) is 5.02 Å². The van der Waals surface area contributed by atoms with Crippen LogP contribution in [0.5, 0.6) is 0 Å². The normalized spacial score (nSPS) is 10.3. The van der Waals surface area contributed by atoms with Gasteiger partial charge in [-0.15, -0.1) is 0 Å². The molecule has 0 fully saturated rings. The highest BCUT2D eigenvalue weighted by molar-refractivity contribution is 6.34. The average molecular weight is 265 g/mol. The van der Waals surface area contributed by atoms with E-state index in [0.717, 1.165) is 5.76 Å². The van der Waals surface area contributed by atoms with Gasteiger partial charge < -0.3 is 15.5 Å². The Kier molecular flexibility index (Phi) is 3.89. The molecule has 5 heteroatoms. The van der Waals surface area contributed by atoms with Crippen LogP contribution in [0.3, 0.4) is 0 Å². The summed E-state index contributed by atoms with van der Waals surface area (Å²) in [5.74, 6) is 0.591. The Bertz CT molecular complexity index is 538. The molecule has 94 valence electrons. The second kappa shape index (κ2) is 5.60. The van der Waals surface area contributed by atoms with E-state index in [1.54, 1.807) is 24.5 Å². The molecule has 0 aliphatic carbocycles. The molecule has 0 aliphatic rings. The molecule has 0 atom stereocenters. The van der Waals surface area contributed by atoms with Crippen molar-refractivity contribution in [1.29, 1.82) is 0 Å². The van der Waals surface area contributed by atoms with Gasteiger partial charge in [-0.3, -0.25) is 4.79 Å². The summed E-state index contributed by atoms with van der Waals surface area (Å²) < 4.78 is 5.17. The third-order valence-electron chi connectivity index (χ3n) is 2.47. The molecule has 1 amide bonds. The van der Waals surface area contributed by atoms with Gasteiger partial charge in [0, 0.05) is 18.7 Å². The predicted octanol–water partition coefficient (Wildman–Crippen LogP) is 2.49. The second-order valence-corrected chi connectivity index (χ2v) is 4.23. The molecule has 4 nitrogen and oxygen atoms in total. The first-order valence-corrected chi connectivity index (χ1v) is 5.90. The van der Waals surface area contributed by atoms with Crippen LogP contribution >= 0.6 is 11.6 Å². The van der Waals surface area contributed by atoms with Crippen molar-refractivity contribution in [2.24, 2.45) is 0 Å². The molecule has 18 heavy (non-hydrogen) atoms. The number of nitrogen functional groups attached to an aromatic ring is 1. The molecule has 0 aliphatic heterocycles. The number of rotatable bonds is 4. The van der Waals surface area contributed by atoms with Gasteiger partial charge in [-0.05, 0) is 30.3 Å². The number of carbonyl (C=O) groups excluding carboxylic acids is 1. The number of anilines is 1. The first kappa shape index (κ1) is 12.5. The highest BCUT2D eigenvalue weighted by atomic mass is 35.5. The van der Waals surface area contributed by atoms with Gasteiger partial charge in [-0.25, -0.2) is 0 Å². The van der Waals surface area contributed by atoms with Gasteiger partial charge in [0.2, 0.25) is 0 Å². The van der Waals surface area contributed by atoms with Crippen LogP contribution in [0.25, 0.3) is 0 Å². The number of halogens is 1. The van der Waals surface area contributed by atoms with Crippen molar-refractivity contribution < 1.29 is 9.21 Å². The zero-order valence-corrected chi connectivity index (χ0v) is 10.4. The minimum absolute atomic E-state index is 0.237. The Morgan fingerprint density at radius 3 is 2.94 bits per heavy atom. The van der Waals surface area contributed by atoms with E-state index in [1.807, 2.05) is 12.1 Å². The molecule has 3 N–H and O–H groups in total. The van der Waals surface area contributed by atoms with Crippen LogP contribution in [0, 0.1) is 0 Å². The average Bonchev–Trinajstić information content (AvgIpc) is 2.85. The van der Waals surface area contributed by atoms with Crippen LogP contribution in [-0.4, -0.2) is 12.5 Å². The van der Waals surface area contributed by atoms with E-state index in [2.05, 4.69) is 5.32 Å². The van der Waals surface area contributed by atoms with Gasteiger partial charge in [0.25, 0.3) is 5.91 Å². The minimum Gasteiger partial charge on any atom is -0.469 e. The van der Waals surface area contributed by atoms with Gasteiger partial charge in [0.1, 0.15) is 5.76 Å². The fourth-order valence-electron chi connectivity index (χ4n) is 1.57. The molecule has 0 saturated carbocycles. The van der Waals surface area contributed by atoms with Gasteiger partial charge in [-0.2, -0.15) is 0 Å². The molecule has 0 spiro atoms. The summed E-state index contributed by atoms with van der Waals surface area (Å²) in [6.07, 6.45) is 2.24. The zero-order valence-electron chi connectivity index (χ0n) is 9.65. The van der Waals surface area contributed by atoms with Crippen LogP contribution in [0.1, 0.15) is 16.1 Å². The van der Waals surface area contributed by atoms with Crippen molar-refractivity contribution in [3.8, 4) is 0 Å². The molecule has 1 aromatic carbocycles. The van der Waals surface area contributed by atoms with E-state index < -0.39 is 0 Å². The lowest BCUT2D eigenvalue weighted by atomic mass is 10.2. The molecule has 0 bridgehead atoms. The maximum absolute atomic E-state index is 11.9. The molecule has 2 aromatic rings. The lowest BCUT2D eigenvalue weighted by Gasteiger charge is -2.06. The third-order valence-corrected chi connectivity index (χ3v) is 2.80. The van der Waals surface area contributed by atoms with Crippen molar-refractivity contribution in [3.05, 3.63) is 52.9 Å². The maximum atomic E-state index is 11.9. The minimum atomic E-state index is -0.237. The molecule has 2 rings (SSSR count). The van der Waals surface area contributed by atoms with E-state index in [0.29, 0.717) is 29.2 Å². The standard InChI is InChI=1S/C13H13ClN2O2/c14-12-4-3-9(15)8-11(12)13(17)16-6-5-10-2-1-7-18-10/h1-4,7-8H,5-6,15H2,(H,16,17). The van der Waals surface area contributed by atoms with Gasteiger partial charge in [0.05, 0.1) is 16.8 Å². The summed E-state index contributed by atoms with van der Waals surface area (Å²) in [5.41, 5.74) is 6.51. The number of furan rings is 1. The highest BCUT2D eigenvalue weighted by Crippen LogP contribution is 2.18. The first-order chi connectivity index (χ1) is 8.66. The SMILES string of the molecule is Nc1ccc(Cl)c(C(=O)NCCc2ccco2)c1. The largest absolute Gasteiger partial charge is 0.469 e. The Morgan fingerprint density at radius 2 is 2.22 bits per heavy atom. The summed E-state index contributed by atoms with van der Waals surface area (Å²) in [7, 11) is 0. The van der Waals surface area contributed by atoms with Gasteiger partial charge >= 0.3 is 0 Å². The Morgan fingerprint density at radius 1 is 1.39 bits per heavy atom. The summed E-state index contributed by atoms with van der Waals surface area (Å²) in [6, 6.07) is 8.50. The lowest BCUT2D eigenvalue weighted by Crippen LogP contribution is -2.26. The van der Waals surface area contributed by atoms with Gasteiger partial charge in [0.15, 0.2) is 0 Å². The number of carbonyl (C=O) groups is 1. The molecular formula is C13H13ClN2O2. The summed E-state index contributed by atoms with van der Waals surface area (Å²) in [4.78, 5) is 11.9. The van der Waals surface area contributed by atoms with Crippen molar-refractivity contribution in [1.82, 2.24) is 5.32 Å². The molecule has 1 heterocycles. The van der Waals surface area contributed by atoms with Crippen molar-refractivity contribution in [3.63, 3.8) is 0 Å². The lowest BCUT2D eigenvalue weighted by molar-refractivity contribution is 0.0954. The molecule has 0 radical (unpaired) electrons. The van der Waals surface area contributed by atoms with E-state index in [1.165, 1.54) is 0 Å². The maximum Gasteiger partial charge on any atom is 0.252 e. The summed E-state index contributed by atoms with van der Waals surface area (Å²) >= 11 is 5.93. The number of nitrogens with one attached hydrogen (secondary N) is 1.